The SMILES string of the molecule is Cc1ccc(CN2C(=O)c3ccccc3[C@H]2c2cn(C)c3ccccc23)o1. The zero-order chi connectivity index (χ0) is 18.5. The first-order chi connectivity index (χ1) is 13.1. The second kappa shape index (κ2) is 5.88. The van der Waals surface area contributed by atoms with Crippen LogP contribution < -0.4 is 0 Å². The van der Waals surface area contributed by atoms with Crippen LogP contribution in [0.3, 0.4) is 0 Å². The quantitative estimate of drug-likeness (QED) is 0.528. The molecule has 4 nitrogen and oxygen atoms in total. The van der Waals surface area contributed by atoms with Crippen molar-refractivity contribution in [2.24, 2.45) is 7.05 Å². The van der Waals surface area contributed by atoms with E-state index in [0.717, 1.165) is 33.7 Å². The summed E-state index contributed by atoms with van der Waals surface area (Å²) in [7, 11) is 2.05. The number of fused-ring (bicyclic) bond motifs is 2. The zero-order valence-corrected chi connectivity index (χ0v) is 15.3. The van der Waals surface area contributed by atoms with E-state index >= 15 is 0 Å². The van der Waals surface area contributed by atoms with Gasteiger partial charge >= 0.3 is 0 Å². The lowest BCUT2D eigenvalue weighted by molar-refractivity contribution is 0.0723. The van der Waals surface area contributed by atoms with Gasteiger partial charge in [-0.15, -0.1) is 0 Å². The summed E-state index contributed by atoms with van der Waals surface area (Å²) in [5.74, 6) is 1.72. The molecular formula is C23H20N2O2. The van der Waals surface area contributed by atoms with E-state index in [-0.39, 0.29) is 11.9 Å². The third-order valence-electron chi connectivity index (χ3n) is 5.40. The Morgan fingerprint density at radius 3 is 2.56 bits per heavy atom. The maximum atomic E-state index is 13.2. The standard InChI is InChI=1S/C23H20N2O2/c1-15-11-12-16(27-15)13-25-22(18-8-3-4-9-19(18)23(25)26)20-14-24(2)21-10-6-5-7-17(20)21/h3-12,14,22H,13H2,1-2H3/t22-/m0/s1. The van der Waals surface area contributed by atoms with Gasteiger partial charge in [0.2, 0.25) is 0 Å². The average Bonchev–Trinajstić information content (AvgIpc) is 3.32. The second-order valence-electron chi connectivity index (χ2n) is 7.15. The molecule has 0 radical (unpaired) electrons. The Morgan fingerprint density at radius 2 is 1.74 bits per heavy atom. The molecule has 4 aromatic rings. The Morgan fingerprint density at radius 1 is 0.963 bits per heavy atom. The summed E-state index contributed by atoms with van der Waals surface area (Å²) >= 11 is 0. The van der Waals surface area contributed by atoms with Gasteiger partial charge in [0.1, 0.15) is 11.5 Å². The van der Waals surface area contributed by atoms with Gasteiger partial charge in [-0.25, -0.2) is 0 Å². The van der Waals surface area contributed by atoms with Crippen LogP contribution >= 0.6 is 0 Å². The van der Waals surface area contributed by atoms with Gasteiger partial charge in [-0.3, -0.25) is 4.79 Å². The molecule has 1 aliphatic heterocycles. The fourth-order valence-corrected chi connectivity index (χ4v) is 4.20. The van der Waals surface area contributed by atoms with Crippen molar-refractivity contribution in [3.05, 3.63) is 95.1 Å². The lowest BCUT2D eigenvalue weighted by Gasteiger charge is -2.24. The van der Waals surface area contributed by atoms with Crippen molar-refractivity contribution >= 4 is 16.8 Å². The summed E-state index contributed by atoms with van der Waals surface area (Å²) in [4.78, 5) is 15.1. The number of hydrogen-bond donors (Lipinski definition) is 0. The third-order valence-corrected chi connectivity index (χ3v) is 5.40. The Hall–Kier alpha value is -3.27. The van der Waals surface area contributed by atoms with Crippen LogP contribution in [-0.2, 0) is 13.6 Å². The fraction of sp³-hybridized carbons (Fsp3) is 0.174. The van der Waals surface area contributed by atoms with E-state index in [4.69, 9.17) is 4.42 Å². The van der Waals surface area contributed by atoms with Crippen LogP contribution in [0.4, 0.5) is 0 Å². The number of carbonyl (C=O) groups excluding carboxylic acids is 1. The molecule has 1 aliphatic rings. The first kappa shape index (κ1) is 15.9. The third kappa shape index (κ3) is 2.40. The van der Waals surface area contributed by atoms with Crippen LogP contribution in [0.15, 0.2) is 71.3 Å². The summed E-state index contributed by atoms with van der Waals surface area (Å²) in [6.07, 6.45) is 2.14. The minimum Gasteiger partial charge on any atom is -0.464 e. The van der Waals surface area contributed by atoms with Crippen LogP contribution in [0.25, 0.3) is 10.9 Å². The molecule has 3 heterocycles. The van der Waals surface area contributed by atoms with Crippen molar-refractivity contribution in [2.75, 3.05) is 0 Å². The molecule has 0 bridgehead atoms. The predicted octanol–water partition coefficient (Wildman–Crippen LogP) is 4.83. The molecule has 0 saturated heterocycles. The molecule has 0 fully saturated rings. The van der Waals surface area contributed by atoms with Gasteiger partial charge < -0.3 is 13.9 Å². The monoisotopic (exact) mass is 356 g/mol. The van der Waals surface area contributed by atoms with E-state index < -0.39 is 0 Å². The molecular weight excluding hydrogens is 336 g/mol. The fourth-order valence-electron chi connectivity index (χ4n) is 4.20. The van der Waals surface area contributed by atoms with Gasteiger partial charge in [0.15, 0.2) is 0 Å². The van der Waals surface area contributed by atoms with Crippen molar-refractivity contribution in [3.8, 4) is 0 Å². The largest absolute Gasteiger partial charge is 0.464 e. The molecule has 0 N–H and O–H groups in total. The zero-order valence-electron chi connectivity index (χ0n) is 15.3. The Balaban J connectivity index is 1.69. The predicted molar refractivity (Wildman–Crippen MR) is 105 cm³/mol. The van der Waals surface area contributed by atoms with Gasteiger partial charge in [-0.05, 0) is 36.8 Å². The van der Waals surface area contributed by atoms with Gasteiger partial charge in [0, 0.05) is 35.3 Å². The molecule has 0 spiro atoms. The van der Waals surface area contributed by atoms with E-state index in [1.54, 1.807) is 0 Å². The molecule has 27 heavy (non-hydrogen) atoms. The van der Waals surface area contributed by atoms with Crippen molar-refractivity contribution in [2.45, 2.75) is 19.5 Å². The normalized spacial score (nSPS) is 16.3. The number of hydrogen-bond acceptors (Lipinski definition) is 2. The van der Waals surface area contributed by atoms with E-state index in [9.17, 15) is 4.79 Å². The number of benzene rings is 2. The molecule has 0 saturated carbocycles. The lowest BCUT2D eigenvalue weighted by Crippen LogP contribution is -2.28. The number of amides is 1. The Labute approximate surface area is 157 Å². The van der Waals surface area contributed by atoms with Crippen LogP contribution in [0.5, 0.6) is 0 Å². The van der Waals surface area contributed by atoms with E-state index in [1.165, 1.54) is 5.39 Å². The Kier molecular flexibility index (Phi) is 3.47. The number of nitrogens with zero attached hydrogens (tertiary/aromatic N) is 2. The van der Waals surface area contributed by atoms with Crippen LogP contribution in [-0.4, -0.2) is 15.4 Å². The molecule has 5 rings (SSSR count). The van der Waals surface area contributed by atoms with E-state index in [1.807, 2.05) is 48.2 Å². The summed E-state index contributed by atoms with van der Waals surface area (Å²) in [5.41, 5.74) is 4.15. The number of aryl methyl sites for hydroxylation is 2. The number of aromatic nitrogens is 1. The second-order valence-corrected chi connectivity index (χ2v) is 7.15. The number of para-hydroxylation sites is 1. The highest BCUT2D eigenvalue weighted by Crippen LogP contribution is 2.42. The van der Waals surface area contributed by atoms with E-state index in [2.05, 4.69) is 42.1 Å². The maximum Gasteiger partial charge on any atom is 0.255 e. The number of furan rings is 1. The molecule has 4 heteroatoms. The number of rotatable bonds is 3. The summed E-state index contributed by atoms with van der Waals surface area (Å²) in [5, 5.41) is 1.18. The topological polar surface area (TPSA) is 38.4 Å². The first-order valence-electron chi connectivity index (χ1n) is 9.12. The molecule has 2 aromatic carbocycles. The van der Waals surface area contributed by atoms with Gasteiger partial charge in [-0.2, -0.15) is 0 Å². The summed E-state index contributed by atoms with van der Waals surface area (Å²) in [6.45, 7) is 2.38. The molecule has 2 aromatic heterocycles. The van der Waals surface area contributed by atoms with Crippen molar-refractivity contribution < 1.29 is 9.21 Å². The molecule has 0 aliphatic carbocycles. The highest BCUT2D eigenvalue weighted by Gasteiger charge is 2.39. The molecule has 0 unspecified atom stereocenters. The minimum atomic E-state index is -0.120. The highest BCUT2D eigenvalue weighted by molar-refractivity contribution is 6.00. The smallest absolute Gasteiger partial charge is 0.255 e. The first-order valence-corrected chi connectivity index (χ1v) is 9.12. The van der Waals surface area contributed by atoms with Crippen LogP contribution in [0.1, 0.15) is 39.0 Å². The Bertz CT molecular complexity index is 1170. The summed E-state index contributed by atoms with van der Waals surface area (Å²) < 4.78 is 7.90. The van der Waals surface area contributed by atoms with Gasteiger partial charge in [-0.1, -0.05) is 36.4 Å². The minimum absolute atomic E-state index is 0.0533. The van der Waals surface area contributed by atoms with Gasteiger partial charge in [0.25, 0.3) is 5.91 Å². The highest BCUT2D eigenvalue weighted by atomic mass is 16.3. The average molecular weight is 356 g/mol. The maximum absolute atomic E-state index is 13.2. The van der Waals surface area contributed by atoms with Crippen molar-refractivity contribution in [1.82, 2.24) is 9.47 Å². The molecule has 134 valence electrons. The van der Waals surface area contributed by atoms with E-state index in [0.29, 0.717) is 6.54 Å². The number of carbonyl (C=O) groups is 1. The van der Waals surface area contributed by atoms with Crippen molar-refractivity contribution in [3.63, 3.8) is 0 Å². The molecule has 1 amide bonds. The van der Waals surface area contributed by atoms with Crippen LogP contribution in [0.2, 0.25) is 0 Å². The lowest BCUT2D eigenvalue weighted by atomic mass is 9.97. The summed E-state index contributed by atoms with van der Waals surface area (Å²) in [6, 6.07) is 20.0. The van der Waals surface area contributed by atoms with Gasteiger partial charge in [0.05, 0.1) is 12.6 Å². The van der Waals surface area contributed by atoms with Crippen LogP contribution in [0, 0.1) is 6.92 Å². The molecule has 1 atom stereocenters. The van der Waals surface area contributed by atoms with Crippen molar-refractivity contribution in [1.29, 1.82) is 0 Å².